The number of nitrogens with one attached hydrogen (secondary N) is 2. The molecule has 27 heavy (non-hydrogen) atoms. The normalized spacial score (nSPS) is 11.8. The van der Waals surface area contributed by atoms with E-state index in [4.69, 9.17) is 4.74 Å². The molecule has 0 aliphatic rings. The molecule has 2 aromatic carbocycles. The standard InChI is InChI=1S/C20H22FN3O3/c1-3-14(2)23-19(25)20(26)24-22-12-16-5-4-6-18(11-16)27-13-15-7-9-17(21)10-8-15/h4-12,14H,3,13H2,1-2H3,(H,23,25)(H,24,26)/b22-12-/t14-/m0/s1. The van der Waals surface area contributed by atoms with E-state index in [1.165, 1.54) is 18.3 Å². The maximum atomic E-state index is 12.9. The van der Waals surface area contributed by atoms with Crippen LogP contribution in [0.25, 0.3) is 0 Å². The van der Waals surface area contributed by atoms with E-state index in [-0.39, 0.29) is 11.9 Å². The largest absolute Gasteiger partial charge is 0.489 e. The van der Waals surface area contributed by atoms with Crippen molar-refractivity contribution in [2.45, 2.75) is 32.9 Å². The molecule has 0 unspecified atom stereocenters. The summed E-state index contributed by atoms with van der Waals surface area (Å²) in [6.45, 7) is 4.02. The summed E-state index contributed by atoms with van der Waals surface area (Å²) in [6.07, 6.45) is 2.15. The zero-order valence-electron chi connectivity index (χ0n) is 15.2. The highest BCUT2D eigenvalue weighted by molar-refractivity contribution is 6.35. The van der Waals surface area contributed by atoms with E-state index in [0.29, 0.717) is 17.9 Å². The van der Waals surface area contributed by atoms with Gasteiger partial charge in [-0.2, -0.15) is 5.10 Å². The van der Waals surface area contributed by atoms with Gasteiger partial charge >= 0.3 is 11.8 Å². The van der Waals surface area contributed by atoms with E-state index < -0.39 is 11.8 Å². The number of carbonyl (C=O) groups is 2. The molecule has 0 aromatic heterocycles. The molecule has 142 valence electrons. The Morgan fingerprint density at radius 2 is 1.93 bits per heavy atom. The third-order valence-electron chi connectivity index (χ3n) is 3.75. The summed E-state index contributed by atoms with van der Waals surface area (Å²) in [5.74, 6) is -1.24. The van der Waals surface area contributed by atoms with Crippen molar-refractivity contribution in [2.24, 2.45) is 5.10 Å². The SMILES string of the molecule is CC[C@H](C)NC(=O)C(=O)N/N=C\c1cccc(OCc2ccc(F)cc2)c1. The highest BCUT2D eigenvalue weighted by Gasteiger charge is 2.14. The van der Waals surface area contributed by atoms with Gasteiger partial charge in [-0.1, -0.05) is 31.2 Å². The van der Waals surface area contributed by atoms with Crippen LogP contribution in [0.5, 0.6) is 5.75 Å². The molecular formula is C20H22FN3O3. The maximum absolute atomic E-state index is 12.9. The molecule has 0 aliphatic carbocycles. The van der Waals surface area contributed by atoms with Gasteiger partial charge in [-0.3, -0.25) is 9.59 Å². The fraction of sp³-hybridized carbons (Fsp3) is 0.250. The van der Waals surface area contributed by atoms with E-state index in [1.807, 2.05) is 13.8 Å². The molecule has 0 aliphatic heterocycles. The minimum Gasteiger partial charge on any atom is -0.489 e. The lowest BCUT2D eigenvalue weighted by atomic mass is 10.2. The molecule has 7 heteroatoms. The third kappa shape index (κ3) is 6.89. The summed E-state index contributed by atoms with van der Waals surface area (Å²) in [5.41, 5.74) is 3.72. The van der Waals surface area contributed by atoms with Crippen LogP contribution in [0.4, 0.5) is 4.39 Å². The Labute approximate surface area is 157 Å². The van der Waals surface area contributed by atoms with Crippen LogP contribution >= 0.6 is 0 Å². The van der Waals surface area contributed by atoms with E-state index in [9.17, 15) is 14.0 Å². The van der Waals surface area contributed by atoms with Crippen LogP contribution in [0.15, 0.2) is 53.6 Å². The van der Waals surface area contributed by atoms with Gasteiger partial charge in [0.2, 0.25) is 0 Å². The van der Waals surface area contributed by atoms with E-state index in [0.717, 1.165) is 12.0 Å². The summed E-state index contributed by atoms with van der Waals surface area (Å²) < 4.78 is 18.6. The minimum atomic E-state index is -0.824. The Morgan fingerprint density at radius 3 is 2.63 bits per heavy atom. The molecule has 2 aromatic rings. The second kappa shape index (κ2) is 10.1. The zero-order chi connectivity index (χ0) is 19.6. The van der Waals surface area contributed by atoms with Gasteiger partial charge in [-0.25, -0.2) is 9.82 Å². The molecule has 2 rings (SSSR count). The maximum Gasteiger partial charge on any atom is 0.329 e. The first-order valence-corrected chi connectivity index (χ1v) is 8.59. The number of rotatable bonds is 7. The molecular weight excluding hydrogens is 349 g/mol. The fourth-order valence-corrected chi connectivity index (χ4v) is 2.04. The predicted octanol–water partition coefficient (Wildman–Crippen LogP) is 2.77. The van der Waals surface area contributed by atoms with Crippen LogP contribution in [0.2, 0.25) is 0 Å². The van der Waals surface area contributed by atoms with Gasteiger partial charge in [-0.05, 0) is 48.7 Å². The first kappa shape index (κ1) is 20.1. The van der Waals surface area contributed by atoms with Crippen molar-refractivity contribution in [1.29, 1.82) is 0 Å². The molecule has 0 saturated heterocycles. The highest BCUT2D eigenvalue weighted by Crippen LogP contribution is 2.14. The second-order valence-electron chi connectivity index (χ2n) is 5.97. The van der Waals surface area contributed by atoms with Gasteiger partial charge in [-0.15, -0.1) is 0 Å². The number of hydrogen-bond donors (Lipinski definition) is 2. The van der Waals surface area contributed by atoms with Crippen LogP contribution in [0.3, 0.4) is 0 Å². The van der Waals surface area contributed by atoms with Gasteiger partial charge in [0.25, 0.3) is 0 Å². The number of hydrazone groups is 1. The number of amides is 2. The molecule has 0 heterocycles. The van der Waals surface area contributed by atoms with E-state index in [1.54, 1.807) is 36.4 Å². The number of nitrogens with zero attached hydrogens (tertiary/aromatic N) is 1. The second-order valence-corrected chi connectivity index (χ2v) is 5.97. The van der Waals surface area contributed by atoms with Crippen LogP contribution in [-0.2, 0) is 16.2 Å². The lowest BCUT2D eigenvalue weighted by molar-refractivity contribution is -0.139. The smallest absolute Gasteiger partial charge is 0.329 e. The van der Waals surface area contributed by atoms with Crippen molar-refractivity contribution in [3.63, 3.8) is 0 Å². The van der Waals surface area contributed by atoms with Crippen LogP contribution < -0.4 is 15.5 Å². The first-order chi connectivity index (χ1) is 13.0. The van der Waals surface area contributed by atoms with Gasteiger partial charge in [0, 0.05) is 6.04 Å². The Bertz CT molecular complexity index is 806. The van der Waals surface area contributed by atoms with Gasteiger partial charge < -0.3 is 10.1 Å². The number of halogens is 1. The van der Waals surface area contributed by atoms with Crippen molar-refractivity contribution in [3.8, 4) is 5.75 Å². The van der Waals surface area contributed by atoms with Crippen molar-refractivity contribution in [1.82, 2.24) is 10.7 Å². The summed E-state index contributed by atoms with van der Waals surface area (Å²) in [7, 11) is 0. The minimum absolute atomic E-state index is 0.0813. The summed E-state index contributed by atoms with van der Waals surface area (Å²) in [4.78, 5) is 23.3. The van der Waals surface area contributed by atoms with Crippen molar-refractivity contribution < 1.29 is 18.7 Å². The summed E-state index contributed by atoms with van der Waals surface area (Å²) in [5, 5.41) is 6.34. The Kier molecular flexibility index (Phi) is 7.49. The zero-order valence-corrected chi connectivity index (χ0v) is 15.2. The van der Waals surface area contributed by atoms with Crippen molar-refractivity contribution >= 4 is 18.0 Å². The first-order valence-electron chi connectivity index (χ1n) is 8.59. The predicted molar refractivity (Wildman–Crippen MR) is 101 cm³/mol. The number of benzene rings is 2. The van der Waals surface area contributed by atoms with Crippen molar-refractivity contribution in [3.05, 3.63) is 65.5 Å². The quantitative estimate of drug-likeness (QED) is 0.446. The fourth-order valence-electron chi connectivity index (χ4n) is 2.04. The Balaban J connectivity index is 1.87. The van der Waals surface area contributed by atoms with E-state index >= 15 is 0 Å². The topological polar surface area (TPSA) is 79.8 Å². The molecule has 2 amide bonds. The monoisotopic (exact) mass is 371 g/mol. The average molecular weight is 371 g/mol. The summed E-state index contributed by atoms with van der Waals surface area (Å²) in [6, 6.07) is 13.0. The van der Waals surface area contributed by atoms with Crippen LogP contribution in [0, 0.1) is 5.82 Å². The molecule has 0 fully saturated rings. The molecule has 0 bridgehead atoms. The molecule has 0 radical (unpaired) electrons. The number of carbonyl (C=O) groups excluding carboxylic acids is 2. The number of hydrogen-bond acceptors (Lipinski definition) is 4. The average Bonchev–Trinajstić information content (AvgIpc) is 2.67. The highest BCUT2D eigenvalue weighted by atomic mass is 19.1. The van der Waals surface area contributed by atoms with Crippen LogP contribution in [0.1, 0.15) is 31.4 Å². The third-order valence-corrected chi connectivity index (χ3v) is 3.75. The lowest BCUT2D eigenvalue weighted by Crippen LogP contribution is -2.41. The number of ether oxygens (including phenoxy) is 1. The van der Waals surface area contributed by atoms with Crippen LogP contribution in [-0.4, -0.2) is 24.1 Å². The molecule has 1 atom stereocenters. The molecule has 2 N–H and O–H groups in total. The molecule has 0 saturated carbocycles. The lowest BCUT2D eigenvalue weighted by Gasteiger charge is -2.09. The molecule has 6 nitrogen and oxygen atoms in total. The Morgan fingerprint density at radius 1 is 1.19 bits per heavy atom. The van der Waals surface area contributed by atoms with Crippen molar-refractivity contribution in [2.75, 3.05) is 0 Å². The van der Waals surface area contributed by atoms with Gasteiger partial charge in [0.05, 0.1) is 6.21 Å². The summed E-state index contributed by atoms with van der Waals surface area (Å²) >= 11 is 0. The van der Waals surface area contributed by atoms with Gasteiger partial charge in [0.1, 0.15) is 18.2 Å². The van der Waals surface area contributed by atoms with E-state index in [2.05, 4.69) is 15.8 Å². The van der Waals surface area contributed by atoms with Gasteiger partial charge in [0.15, 0.2) is 0 Å². The molecule has 0 spiro atoms. The Hall–Kier alpha value is -3.22.